The van der Waals surface area contributed by atoms with Crippen molar-refractivity contribution in [3.63, 3.8) is 0 Å². The molecule has 1 aromatic rings. The second-order valence-corrected chi connectivity index (χ2v) is 5.11. The van der Waals surface area contributed by atoms with E-state index in [0.717, 1.165) is 0 Å². The molecule has 0 radical (unpaired) electrons. The third-order valence-electron chi connectivity index (χ3n) is 3.18. The van der Waals surface area contributed by atoms with Crippen LogP contribution in [0.15, 0.2) is 24.3 Å². The van der Waals surface area contributed by atoms with Crippen LogP contribution in [0.25, 0.3) is 0 Å². The van der Waals surface area contributed by atoms with Crippen LogP contribution in [0.4, 0.5) is 4.39 Å². The normalized spacial score (nSPS) is 11.6. The summed E-state index contributed by atoms with van der Waals surface area (Å²) in [5.74, 6) is -2.18. The molecule has 3 N–H and O–H groups in total. The number of carbonyl (C=O) groups is 3. The van der Waals surface area contributed by atoms with E-state index >= 15 is 0 Å². The van der Waals surface area contributed by atoms with Gasteiger partial charge in [-0.15, -0.1) is 0 Å². The van der Waals surface area contributed by atoms with Crippen molar-refractivity contribution in [1.29, 1.82) is 0 Å². The molecule has 0 aliphatic carbocycles. The number of aliphatic carboxylic acids is 1. The van der Waals surface area contributed by atoms with E-state index in [0.29, 0.717) is 24.8 Å². The number of hydrogen-bond donors (Lipinski definition) is 3. The number of carboxylic acid groups (broad SMARTS) is 1. The van der Waals surface area contributed by atoms with Gasteiger partial charge in [0.05, 0.1) is 0 Å². The molecular weight excluding hydrogens is 303 g/mol. The van der Waals surface area contributed by atoms with Crippen molar-refractivity contribution in [1.82, 2.24) is 10.6 Å². The molecule has 1 atom stereocenters. The van der Waals surface area contributed by atoms with Gasteiger partial charge in [0.15, 0.2) is 0 Å². The molecule has 7 heteroatoms. The Morgan fingerprint density at radius 1 is 1.22 bits per heavy atom. The SMILES string of the molecule is CCCC(NC(=O)CCCNC(=O)c1ccc(F)cc1)C(=O)O. The summed E-state index contributed by atoms with van der Waals surface area (Å²) in [5, 5.41) is 14.0. The molecule has 2 amide bonds. The van der Waals surface area contributed by atoms with Crippen molar-refractivity contribution in [2.24, 2.45) is 0 Å². The minimum Gasteiger partial charge on any atom is -0.480 e. The molecule has 0 aliphatic heterocycles. The van der Waals surface area contributed by atoms with E-state index in [1.807, 2.05) is 6.92 Å². The van der Waals surface area contributed by atoms with Gasteiger partial charge in [-0.3, -0.25) is 9.59 Å². The molecule has 23 heavy (non-hydrogen) atoms. The first-order valence-corrected chi connectivity index (χ1v) is 7.50. The molecule has 0 spiro atoms. The van der Waals surface area contributed by atoms with Crippen LogP contribution in [0, 0.1) is 5.82 Å². The second kappa shape index (κ2) is 9.55. The third-order valence-corrected chi connectivity index (χ3v) is 3.18. The lowest BCUT2D eigenvalue weighted by atomic mass is 10.1. The molecule has 126 valence electrons. The maximum atomic E-state index is 12.7. The maximum absolute atomic E-state index is 12.7. The molecule has 1 rings (SSSR count). The Morgan fingerprint density at radius 3 is 2.43 bits per heavy atom. The Kier molecular flexibility index (Phi) is 7.73. The van der Waals surface area contributed by atoms with Crippen LogP contribution in [0.1, 0.15) is 43.0 Å². The van der Waals surface area contributed by atoms with Gasteiger partial charge in [0.2, 0.25) is 5.91 Å². The Hall–Kier alpha value is -2.44. The fourth-order valence-electron chi connectivity index (χ4n) is 1.97. The van der Waals surface area contributed by atoms with Gasteiger partial charge >= 0.3 is 5.97 Å². The predicted molar refractivity (Wildman–Crippen MR) is 82.4 cm³/mol. The summed E-state index contributed by atoms with van der Waals surface area (Å²) in [6.45, 7) is 2.11. The minimum absolute atomic E-state index is 0.122. The molecule has 0 aromatic heterocycles. The number of carbonyl (C=O) groups excluding carboxylic acids is 2. The molecule has 0 aliphatic rings. The van der Waals surface area contributed by atoms with Gasteiger partial charge in [-0.1, -0.05) is 13.3 Å². The standard InChI is InChI=1S/C16H21FN2O4/c1-2-4-13(16(22)23)19-14(20)5-3-10-18-15(21)11-6-8-12(17)9-7-11/h6-9,13H,2-5,10H2,1H3,(H,18,21)(H,19,20)(H,22,23). The largest absolute Gasteiger partial charge is 0.480 e. The van der Waals surface area contributed by atoms with Crippen LogP contribution in [-0.2, 0) is 9.59 Å². The lowest BCUT2D eigenvalue weighted by Gasteiger charge is -2.13. The zero-order valence-corrected chi connectivity index (χ0v) is 13.0. The van der Waals surface area contributed by atoms with E-state index in [1.54, 1.807) is 0 Å². The lowest BCUT2D eigenvalue weighted by Crippen LogP contribution is -2.40. The van der Waals surface area contributed by atoms with Crippen molar-refractivity contribution < 1.29 is 23.9 Å². The molecule has 1 unspecified atom stereocenters. The van der Waals surface area contributed by atoms with Crippen molar-refractivity contribution >= 4 is 17.8 Å². The number of rotatable bonds is 9. The van der Waals surface area contributed by atoms with Crippen LogP contribution in [0.5, 0.6) is 0 Å². The van der Waals surface area contributed by atoms with Crippen LogP contribution < -0.4 is 10.6 Å². The molecule has 0 heterocycles. The van der Waals surface area contributed by atoms with Crippen molar-refractivity contribution in [2.75, 3.05) is 6.54 Å². The van der Waals surface area contributed by atoms with E-state index in [-0.39, 0.29) is 24.8 Å². The summed E-state index contributed by atoms with van der Waals surface area (Å²) in [6.07, 6.45) is 1.54. The quantitative estimate of drug-likeness (QED) is 0.603. The third kappa shape index (κ3) is 6.90. The van der Waals surface area contributed by atoms with Gasteiger partial charge in [0, 0.05) is 18.5 Å². The van der Waals surface area contributed by atoms with E-state index in [4.69, 9.17) is 5.11 Å². The summed E-state index contributed by atoms with van der Waals surface area (Å²) in [4.78, 5) is 34.3. The van der Waals surface area contributed by atoms with Crippen molar-refractivity contribution in [2.45, 2.75) is 38.6 Å². The topological polar surface area (TPSA) is 95.5 Å². The first-order valence-electron chi connectivity index (χ1n) is 7.50. The summed E-state index contributed by atoms with van der Waals surface area (Å²) in [7, 11) is 0. The highest BCUT2D eigenvalue weighted by Crippen LogP contribution is 2.03. The van der Waals surface area contributed by atoms with E-state index in [1.165, 1.54) is 24.3 Å². The summed E-state index contributed by atoms with van der Waals surface area (Å²) < 4.78 is 12.7. The average Bonchev–Trinajstić information content (AvgIpc) is 2.51. The van der Waals surface area contributed by atoms with Gasteiger partial charge in [-0.05, 0) is 37.1 Å². The number of amides is 2. The number of nitrogens with one attached hydrogen (secondary N) is 2. The number of hydrogen-bond acceptors (Lipinski definition) is 3. The average molecular weight is 324 g/mol. The number of benzene rings is 1. The zero-order valence-electron chi connectivity index (χ0n) is 13.0. The van der Waals surface area contributed by atoms with Crippen molar-refractivity contribution in [3.8, 4) is 0 Å². The molecule has 6 nitrogen and oxygen atoms in total. The lowest BCUT2D eigenvalue weighted by molar-refractivity contribution is -0.142. The van der Waals surface area contributed by atoms with E-state index < -0.39 is 17.8 Å². The summed E-state index contributed by atoms with van der Waals surface area (Å²) in [5.41, 5.74) is 0.338. The first-order chi connectivity index (χ1) is 10.9. The van der Waals surface area contributed by atoms with E-state index in [9.17, 15) is 18.8 Å². The highest BCUT2D eigenvalue weighted by atomic mass is 19.1. The number of halogens is 1. The van der Waals surface area contributed by atoms with Crippen LogP contribution >= 0.6 is 0 Å². The van der Waals surface area contributed by atoms with Crippen LogP contribution in [-0.4, -0.2) is 35.5 Å². The predicted octanol–water partition coefficient (Wildman–Crippen LogP) is 1.71. The van der Waals surface area contributed by atoms with Gasteiger partial charge in [0.1, 0.15) is 11.9 Å². The molecule has 0 saturated carbocycles. The Balaban J connectivity index is 2.28. The molecular formula is C16H21FN2O4. The molecule has 0 bridgehead atoms. The Morgan fingerprint density at radius 2 is 1.87 bits per heavy atom. The Labute approximate surface area is 134 Å². The Bertz CT molecular complexity index is 546. The monoisotopic (exact) mass is 324 g/mol. The second-order valence-electron chi connectivity index (χ2n) is 5.11. The molecule has 0 fully saturated rings. The van der Waals surface area contributed by atoms with Gasteiger partial charge in [0.25, 0.3) is 5.91 Å². The van der Waals surface area contributed by atoms with Crippen molar-refractivity contribution in [3.05, 3.63) is 35.6 Å². The molecule has 1 aromatic carbocycles. The smallest absolute Gasteiger partial charge is 0.326 e. The zero-order chi connectivity index (χ0) is 17.2. The van der Waals surface area contributed by atoms with Gasteiger partial charge in [-0.25, -0.2) is 9.18 Å². The van der Waals surface area contributed by atoms with E-state index in [2.05, 4.69) is 10.6 Å². The summed E-state index contributed by atoms with van der Waals surface area (Å²) in [6, 6.07) is 4.27. The van der Waals surface area contributed by atoms with Crippen LogP contribution in [0.2, 0.25) is 0 Å². The fourth-order valence-corrected chi connectivity index (χ4v) is 1.97. The summed E-state index contributed by atoms with van der Waals surface area (Å²) >= 11 is 0. The highest BCUT2D eigenvalue weighted by molar-refractivity contribution is 5.94. The maximum Gasteiger partial charge on any atom is 0.326 e. The minimum atomic E-state index is -1.05. The fraction of sp³-hybridized carbons (Fsp3) is 0.438. The van der Waals surface area contributed by atoms with Gasteiger partial charge in [-0.2, -0.15) is 0 Å². The van der Waals surface area contributed by atoms with Gasteiger partial charge < -0.3 is 15.7 Å². The molecule has 0 saturated heterocycles. The highest BCUT2D eigenvalue weighted by Gasteiger charge is 2.18. The van der Waals surface area contributed by atoms with Crippen LogP contribution in [0.3, 0.4) is 0 Å². The first kappa shape index (κ1) is 18.6. The number of carboxylic acids is 1.